The van der Waals surface area contributed by atoms with Crippen LogP contribution in [0.5, 0.6) is 0 Å². The van der Waals surface area contributed by atoms with E-state index in [4.69, 9.17) is 4.53 Å². The van der Waals surface area contributed by atoms with Gasteiger partial charge in [0.1, 0.15) is 0 Å². The van der Waals surface area contributed by atoms with Crippen molar-refractivity contribution < 1.29 is 9.32 Å². The normalized spacial score (nSPS) is 17.2. The predicted octanol–water partition coefficient (Wildman–Crippen LogP) is 3.33. The minimum atomic E-state index is -1.66. The molecule has 0 radical (unpaired) electrons. The summed E-state index contributed by atoms with van der Waals surface area (Å²) in [6.07, 6.45) is 6.75. The molecular formula is C12H25NO2Si. The van der Waals surface area contributed by atoms with Crippen LogP contribution in [0.2, 0.25) is 19.1 Å². The summed E-state index contributed by atoms with van der Waals surface area (Å²) in [4.78, 5) is 11.5. The molecular weight excluding hydrogens is 218 g/mol. The highest BCUT2D eigenvalue weighted by Crippen LogP contribution is 2.21. The van der Waals surface area contributed by atoms with Gasteiger partial charge in [-0.25, -0.2) is 5.06 Å². The van der Waals surface area contributed by atoms with Gasteiger partial charge in [-0.15, -0.1) is 0 Å². The maximum Gasteiger partial charge on any atom is 0.245 e. The number of amides is 1. The molecule has 1 aliphatic heterocycles. The van der Waals surface area contributed by atoms with Crippen LogP contribution >= 0.6 is 0 Å². The van der Waals surface area contributed by atoms with Crippen molar-refractivity contribution in [2.45, 2.75) is 64.6 Å². The van der Waals surface area contributed by atoms with Crippen LogP contribution in [0.1, 0.15) is 45.4 Å². The molecule has 1 saturated heterocycles. The second-order valence-corrected chi connectivity index (χ2v) is 9.46. The number of hydroxylamine groups is 2. The number of nitrogens with zero attached hydrogens (tertiary/aromatic N) is 1. The lowest BCUT2D eigenvalue weighted by Crippen LogP contribution is -2.40. The van der Waals surface area contributed by atoms with Crippen molar-refractivity contribution in [1.29, 1.82) is 0 Å². The van der Waals surface area contributed by atoms with E-state index in [0.29, 0.717) is 6.42 Å². The van der Waals surface area contributed by atoms with Gasteiger partial charge in [0.15, 0.2) is 0 Å². The van der Waals surface area contributed by atoms with E-state index in [0.717, 1.165) is 19.0 Å². The van der Waals surface area contributed by atoms with Crippen molar-refractivity contribution in [2.75, 3.05) is 6.54 Å². The Bertz CT molecular complexity index is 231. The molecule has 0 aromatic heterocycles. The van der Waals surface area contributed by atoms with Gasteiger partial charge in [-0.2, -0.15) is 0 Å². The molecule has 0 unspecified atom stereocenters. The first-order valence-electron chi connectivity index (χ1n) is 6.54. The van der Waals surface area contributed by atoms with Gasteiger partial charge in [0.25, 0.3) is 0 Å². The summed E-state index contributed by atoms with van der Waals surface area (Å²) >= 11 is 0. The Hall–Kier alpha value is -0.353. The topological polar surface area (TPSA) is 29.5 Å². The van der Waals surface area contributed by atoms with Crippen LogP contribution in [-0.4, -0.2) is 25.8 Å². The molecule has 0 N–H and O–H groups in total. The fourth-order valence-electron chi connectivity index (χ4n) is 2.04. The Labute approximate surface area is 100 Å². The van der Waals surface area contributed by atoms with E-state index >= 15 is 0 Å². The predicted molar refractivity (Wildman–Crippen MR) is 68.5 cm³/mol. The third-order valence-electron chi connectivity index (χ3n) is 3.02. The standard InChI is InChI=1S/C12H25NO2Si/c1-4-5-6-7-11-16(2,3)15-13-10-8-9-12(13)14/h4-11H2,1-3H3. The van der Waals surface area contributed by atoms with Crippen LogP contribution in [0.4, 0.5) is 0 Å². The number of unbranched alkanes of at least 4 members (excludes halogenated alkanes) is 3. The first kappa shape index (κ1) is 13.7. The van der Waals surface area contributed by atoms with Gasteiger partial charge in [0, 0.05) is 13.0 Å². The first-order chi connectivity index (χ1) is 7.55. The SMILES string of the molecule is CCCCCC[Si](C)(C)ON1CCCC1=O. The highest BCUT2D eigenvalue weighted by Gasteiger charge is 2.30. The largest absolute Gasteiger partial charge is 0.317 e. The van der Waals surface area contributed by atoms with E-state index in [1.807, 2.05) is 0 Å². The Morgan fingerprint density at radius 1 is 1.31 bits per heavy atom. The quantitative estimate of drug-likeness (QED) is 0.507. The molecule has 0 saturated carbocycles. The summed E-state index contributed by atoms with van der Waals surface area (Å²) in [5.41, 5.74) is 0. The van der Waals surface area contributed by atoms with E-state index in [-0.39, 0.29) is 5.91 Å². The van der Waals surface area contributed by atoms with Crippen molar-refractivity contribution in [3.8, 4) is 0 Å². The monoisotopic (exact) mass is 243 g/mol. The molecule has 0 aromatic carbocycles. The van der Waals surface area contributed by atoms with Gasteiger partial charge in [-0.3, -0.25) is 4.79 Å². The summed E-state index contributed by atoms with van der Waals surface area (Å²) in [7, 11) is -1.66. The maximum atomic E-state index is 11.5. The van der Waals surface area contributed by atoms with Crippen LogP contribution in [0, 0.1) is 0 Å². The first-order valence-corrected chi connectivity index (χ1v) is 9.66. The second-order valence-electron chi connectivity index (χ2n) is 5.26. The average molecular weight is 243 g/mol. The minimum absolute atomic E-state index is 0.175. The molecule has 0 aromatic rings. The summed E-state index contributed by atoms with van der Waals surface area (Å²) in [5.74, 6) is 0.175. The Kier molecular flexibility index (Phi) is 5.48. The lowest BCUT2D eigenvalue weighted by molar-refractivity contribution is -0.152. The Morgan fingerprint density at radius 2 is 2.06 bits per heavy atom. The zero-order chi connectivity index (χ0) is 12.0. The molecule has 0 bridgehead atoms. The van der Waals surface area contributed by atoms with Crippen molar-refractivity contribution in [2.24, 2.45) is 0 Å². The van der Waals surface area contributed by atoms with Gasteiger partial charge in [-0.05, 0) is 25.6 Å². The van der Waals surface area contributed by atoms with Crippen LogP contribution in [0.3, 0.4) is 0 Å². The fourth-order valence-corrected chi connectivity index (χ4v) is 4.02. The van der Waals surface area contributed by atoms with Gasteiger partial charge in [0.05, 0.1) is 0 Å². The molecule has 1 heterocycles. The third-order valence-corrected chi connectivity index (χ3v) is 5.29. The molecule has 1 fully saturated rings. The second kappa shape index (κ2) is 6.40. The zero-order valence-corrected chi connectivity index (χ0v) is 11.9. The highest BCUT2D eigenvalue weighted by atomic mass is 28.4. The molecule has 4 heteroatoms. The van der Waals surface area contributed by atoms with Crippen LogP contribution < -0.4 is 0 Å². The van der Waals surface area contributed by atoms with Crippen molar-refractivity contribution in [3.63, 3.8) is 0 Å². The fraction of sp³-hybridized carbons (Fsp3) is 0.917. The summed E-state index contributed by atoms with van der Waals surface area (Å²) in [6.45, 7) is 7.45. The van der Waals surface area contributed by atoms with Crippen molar-refractivity contribution >= 4 is 14.2 Å². The summed E-state index contributed by atoms with van der Waals surface area (Å²) in [5, 5.41) is 1.62. The van der Waals surface area contributed by atoms with Gasteiger partial charge in [0.2, 0.25) is 14.2 Å². The summed E-state index contributed by atoms with van der Waals surface area (Å²) < 4.78 is 5.91. The molecule has 1 rings (SSSR count). The average Bonchev–Trinajstić information content (AvgIpc) is 2.59. The molecule has 3 nitrogen and oxygen atoms in total. The van der Waals surface area contributed by atoms with E-state index in [1.165, 1.54) is 25.7 Å². The summed E-state index contributed by atoms with van der Waals surface area (Å²) in [6, 6.07) is 1.16. The molecule has 1 amide bonds. The van der Waals surface area contributed by atoms with Crippen LogP contribution in [0.15, 0.2) is 0 Å². The van der Waals surface area contributed by atoms with E-state index in [2.05, 4.69) is 20.0 Å². The molecule has 16 heavy (non-hydrogen) atoms. The van der Waals surface area contributed by atoms with Gasteiger partial charge in [-0.1, -0.05) is 32.6 Å². The molecule has 1 aliphatic rings. The van der Waals surface area contributed by atoms with E-state index < -0.39 is 8.32 Å². The zero-order valence-electron chi connectivity index (χ0n) is 10.9. The van der Waals surface area contributed by atoms with Crippen LogP contribution in [-0.2, 0) is 9.32 Å². The van der Waals surface area contributed by atoms with E-state index in [9.17, 15) is 4.79 Å². The number of hydrogen-bond donors (Lipinski definition) is 0. The molecule has 0 spiro atoms. The van der Waals surface area contributed by atoms with Gasteiger partial charge < -0.3 is 4.53 Å². The number of carbonyl (C=O) groups is 1. The Morgan fingerprint density at radius 3 is 2.62 bits per heavy atom. The van der Waals surface area contributed by atoms with Crippen molar-refractivity contribution in [3.05, 3.63) is 0 Å². The molecule has 0 aliphatic carbocycles. The lowest BCUT2D eigenvalue weighted by atomic mass is 10.2. The number of rotatable bonds is 7. The number of carbonyl (C=O) groups excluding carboxylic acids is 1. The van der Waals surface area contributed by atoms with Crippen molar-refractivity contribution in [1.82, 2.24) is 5.06 Å². The minimum Gasteiger partial charge on any atom is -0.317 e. The van der Waals surface area contributed by atoms with Gasteiger partial charge >= 0.3 is 0 Å². The molecule has 0 atom stereocenters. The third kappa shape index (κ3) is 4.66. The molecule has 94 valence electrons. The van der Waals surface area contributed by atoms with Crippen LogP contribution in [0.25, 0.3) is 0 Å². The Balaban J connectivity index is 2.24. The smallest absolute Gasteiger partial charge is 0.245 e. The maximum absolute atomic E-state index is 11.5. The lowest BCUT2D eigenvalue weighted by Gasteiger charge is -2.28. The van der Waals surface area contributed by atoms with E-state index in [1.54, 1.807) is 5.06 Å². The highest BCUT2D eigenvalue weighted by molar-refractivity contribution is 6.71. The number of hydrogen-bond acceptors (Lipinski definition) is 2.